The normalized spacial score (nSPS) is 26.2. The number of amides is 1. The van der Waals surface area contributed by atoms with Crippen LogP contribution in [0.15, 0.2) is 29.8 Å². The van der Waals surface area contributed by atoms with Crippen molar-refractivity contribution >= 4 is 23.6 Å². The molecular formula is C20H27ClN2O. The van der Waals surface area contributed by atoms with Gasteiger partial charge in [-0.25, -0.2) is 0 Å². The molecule has 0 aromatic heterocycles. The van der Waals surface area contributed by atoms with Crippen LogP contribution in [0.5, 0.6) is 0 Å². The van der Waals surface area contributed by atoms with Gasteiger partial charge >= 0.3 is 0 Å². The fourth-order valence-corrected chi connectivity index (χ4v) is 4.19. The SMILES string of the molecule is CC(=Cc1ccccc1Cl)[C@H]1C[C@@H](CN2CCCCC2)C(=O)N1C. The van der Waals surface area contributed by atoms with E-state index in [4.69, 9.17) is 11.6 Å². The average Bonchev–Trinajstić information content (AvgIpc) is 2.86. The summed E-state index contributed by atoms with van der Waals surface area (Å²) in [6.07, 6.45) is 6.91. The summed E-state index contributed by atoms with van der Waals surface area (Å²) in [5.41, 5.74) is 2.23. The number of carbonyl (C=O) groups excluding carboxylic acids is 1. The molecule has 0 saturated carbocycles. The van der Waals surface area contributed by atoms with Gasteiger partial charge in [0.2, 0.25) is 5.91 Å². The van der Waals surface area contributed by atoms with E-state index in [1.165, 1.54) is 24.8 Å². The zero-order valence-corrected chi connectivity index (χ0v) is 15.4. The lowest BCUT2D eigenvalue weighted by molar-refractivity contribution is -0.131. The largest absolute Gasteiger partial charge is 0.339 e. The molecule has 1 aromatic rings. The zero-order chi connectivity index (χ0) is 17.1. The van der Waals surface area contributed by atoms with Crippen molar-refractivity contribution in [3.8, 4) is 0 Å². The Morgan fingerprint density at radius 2 is 1.96 bits per heavy atom. The molecular weight excluding hydrogens is 320 g/mol. The van der Waals surface area contributed by atoms with Crippen LogP contribution in [0.25, 0.3) is 6.08 Å². The molecule has 2 aliphatic heterocycles. The average molecular weight is 347 g/mol. The van der Waals surface area contributed by atoms with E-state index in [0.29, 0.717) is 0 Å². The number of hydrogen-bond donors (Lipinski definition) is 0. The molecule has 0 radical (unpaired) electrons. The summed E-state index contributed by atoms with van der Waals surface area (Å²) in [5, 5.41) is 0.758. The van der Waals surface area contributed by atoms with E-state index in [1.807, 2.05) is 36.2 Å². The van der Waals surface area contributed by atoms with E-state index >= 15 is 0 Å². The third-order valence-corrected chi connectivity index (χ3v) is 5.76. The van der Waals surface area contributed by atoms with Gasteiger partial charge in [0.25, 0.3) is 0 Å². The van der Waals surface area contributed by atoms with Crippen molar-refractivity contribution in [2.75, 3.05) is 26.7 Å². The van der Waals surface area contributed by atoms with Gasteiger partial charge in [-0.2, -0.15) is 0 Å². The monoisotopic (exact) mass is 346 g/mol. The van der Waals surface area contributed by atoms with Gasteiger partial charge in [0.15, 0.2) is 0 Å². The number of likely N-dealkylation sites (N-methyl/N-ethyl adjacent to an activating group) is 1. The van der Waals surface area contributed by atoms with Gasteiger partial charge in [-0.1, -0.05) is 47.9 Å². The van der Waals surface area contributed by atoms with Gasteiger partial charge in [-0.05, 0) is 50.9 Å². The van der Waals surface area contributed by atoms with Crippen LogP contribution < -0.4 is 0 Å². The second-order valence-electron chi connectivity index (χ2n) is 7.17. The lowest BCUT2D eigenvalue weighted by Gasteiger charge is -2.28. The maximum atomic E-state index is 12.7. The summed E-state index contributed by atoms with van der Waals surface area (Å²) in [5.74, 6) is 0.421. The summed E-state index contributed by atoms with van der Waals surface area (Å²) < 4.78 is 0. The number of benzene rings is 1. The van der Waals surface area contributed by atoms with E-state index in [2.05, 4.69) is 17.9 Å². The molecule has 2 heterocycles. The molecule has 1 amide bonds. The van der Waals surface area contributed by atoms with E-state index in [1.54, 1.807) is 0 Å². The molecule has 0 spiro atoms. The number of rotatable bonds is 4. The first kappa shape index (κ1) is 17.5. The van der Waals surface area contributed by atoms with Gasteiger partial charge in [0, 0.05) is 18.6 Å². The van der Waals surface area contributed by atoms with Crippen LogP contribution in [0.4, 0.5) is 0 Å². The maximum absolute atomic E-state index is 12.7. The Morgan fingerprint density at radius 3 is 2.67 bits per heavy atom. The quantitative estimate of drug-likeness (QED) is 0.820. The number of likely N-dealkylation sites (tertiary alicyclic amines) is 2. The summed E-state index contributed by atoms with van der Waals surface area (Å²) in [4.78, 5) is 17.1. The lowest BCUT2D eigenvalue weighted by atomic mass is 9.97. The molecule has 3 nitrogen and oxygen atoms in total. The van der Waals surface area contributed by atoms with Crippen LogP contribution in [0.2, 0.25) is 5.02 Å². The Bertz CT molecular complexity index is 622. The second-order valence-corrected chi connectivity index (χ2v) is 7.58. The van der Waals surface area contributed by atoms with E-state index < -0.39 is 0 Å². The summed E-state index contributed by atoms with van der Waals surface area (Å²) in [7, 11) is 1.94. The van der Waals surface area contributed by atoms with Crippen LogP contribution in [0.3, 0.4) is 0 Å². The molecule has 2 saturated heterocycles. The molecule has 2 aliphatic rings. The zero-order valence-electron chi connectivity index (χ0n) is 14.7. The molecule has 0 unspecified atom stereocenters. The van der Waals surface area contributed by atoms with Crippen molar-refractivity contribution in [1.82, 2.24) is 9.80 Å². The number of carbonyl (C=O) groups is 1. The fraction of sp³-hybridized carbons (Fsp3) is 0.550. The van der Waals surface area contributed by atoms with E-state index in [0.717, 1.165) is 36.6 Å². The van der Waals surface area contributed by atoms with Crippen LogP contribution in [-0.2, 0) is 4.79 Å². The van der Waals surface area contributed by atoms with Crippen molar-refractivity contribution in [2.24, 2.45) is 5.92 Å². The molecule has 130 valence electrons. The fourth-order valence-electron chi connectivity index (χ4n) is 4.00. The highest BCUT2D eigenvalue weighted by Crippen LogP contribution is 2.31. The predicted molar refractivity (Wildman–Crippen MR) is 100 cm³/mol. The Kier molecular flexibility index (Phi) is 5.62. The van der Waals surface area contributed by atoms with Crippen molar-refractivity contribution in [3.05, 3.63) is 40.4 Å². The standard InChI is InChI=1S/C20H27ClN2O/c1-15(12-16-8-4-5-9-18(16)21)19-13-17(20(24)22(19)2)14-23-10-6-3-7-11-23/h4-5,8-9,12,17,19H,3,6-7,10-11,13-14H2,1-2H3/t17-,19+/m0/s1. The van der Waals surface area contributed by atoms with Crippen LogP contribution in [0.1, 0.15) is 38.2 Å². The number of nitrogens with zero attached hydrogens (tertiary/aromatic N) is 2. The van der Waals surface area contributed by atoms with Crippen molar-refractivity contribution in [1.29, 1.82) is 0 Å². The summed E-state index contributed by atoms with van der Waals surface area (Å²) in [6.45, 7) is 5.32. The molecule has 1 aromatic carbocycles. The lowest BCUT2D eigenvalue weighted by Crippen LogP contribution is -2.37. The first-order valence-electron chi connectivity index (χ1n) is 8.98. The number of hydrogen-bond acceptors (Lipinski definition) is 2. The highest BCUT2D eigenvalue weighted by atomic mass is 35.5. The van der Waals surface area contributed by atoms with Gasteiger partial charge in [-0.3, -0.25) is 4.79 Å². The minimum atomic E-state index is 0.132. The molecule has 2 atom stereocenters. The molecule has 0 bridgehead atoms. The van der Waals surface area contributed by atoms with Crippen LogP contribution in [-0.4, -0.2) is 48.4 Å². The Morgan fingerprint density at radius 1 is 1.25 bits per heavy atom. The molecule has 24 heavy (non-hydrogen) atoms. The van der Waals surface area contributed by atoms with Crippen LogP contribution >= 0.6 is 11.6 Å². The first-order chi connectivity index (χ1) is 11.6. The Balaban J connectivity index is 1.70. The second kappa shape index (κ2) is 7.71. The van der Waals surface area contributed by atoms with E-state index in [9.17, 15) is 4.79 Å². The Labute approximate surface area is 150 Å². The minimum absolute atomic E-state index is 0.132. The highest BCUT2D eigenvalue weighted by Gasteiger charge is 2.38. The van der Waals surface area contributed by atoms with Gasteiger partial charge < -0.3 is 9.80 Å². The first-order valence-corrected chi connectivity index (χ1v) is 9.36. The van der Waals surface area contributed by atoms with Gasteiger partial charge in [0.05, 0.1) is 12.0 Å². The van der Waals surface area contributed by atoms with Gasteiger partial charge in [-0.15, -0.1) is 0 Å². The summed E-state index contributed by atoms with van der Waals surface area (Å²) in [6, 6.07) is 8.04. The van der Waals surface area contributed by atoms with Crippen molar-refractivity contribution < 1.29 is 4.79 Å². The molecule has 2 fully saturated rings. The Hall–Kier alpha value is -1.32. The topological polar surface area (TPSA) is 23.6 Å². The third kappa shape index (κ3) is 3.84. The highest BCUT2D eigenvalue weighted by molar-refractivity contribution is 6.32. The van der Waals surface area contributed by atoms with Crippen molar-refractivity contribution in [3.63, 3.8) is 0 Å². The maximum Gasteiger partial charge on any atom is 0.227 e. The number of piperidine rings is 1. The smallest absolute Gasteiger partial charge is 0.227 e. The molecule has 4 heteroatoms. The van der Waals surface area contributed by atoms with Gasteiger partial charge in [0.1, 0.15) is 0 Å². The van der Waals surface area contributed by atoms with E-state index in [-0.39, 0.29) is 17.9 Å². The predicted octanol–water partition coefficient (Wildman–Crippen LogP) is 4.08. The molecule has 3 rings (SSSR count). The van der Waals surface area contributed by atoms with Crippen LogP contribution in [0, 0.1) is 5.92 Å². The molecule has 0 aliphatic carbocycles. The third-order valence-electron chi connectivity index (χ3n) is 5.41. The summed E-state index contributed by atoms with van der Waals surface area (Å²) >= 11 is 6.27. The van der Waals surface area contributed by atoms with Crippen molar-refractivity contribution in [2.45, 2.75) is 38.6 Å². The number of halogens is 1. The molecule has 0 N–H and O–H groups in total. The minimum Gasteiger partial charge on any atom is -0.339 e.